The minimum atomic E-state index is -0.447. The zero-order valence-electron chi connectivity index (χ0n) is 10.8. The lowest BCUT2D eigenvalue weighted by molar-refractivity contribution is 0.566. The van der Waals surface area contributed by atoms with Crippen LogP contribution in [0.4, 0.5) is 8.78 Å². The summed E-state index contributed by atoms with van der Waals surface area (Å²) in [6.45, 7) is 2.24. The summed E-state index contributed by atoms with van der Waals surface area (Å²) in [7, 11) is 0. The first kappa shape index (κ1) is 13.7. The molecule has 0 amide bonds. The molecule has 2 N–H and O–H groups in total. The molecule has 0 aliphatic rings. The van der Waals surface area contributed by atoms with E-state index in [4.69, 9.17) is 5.73 Å². The summed E-state index contributed by atoms with van der Waals surface area (Å²) in [6.07, 6.45) is 5.17. The number of nitrogens with zero attached hydrogens (tertiary/aromatic N) is 2. The van der Waals surface area contributed by atoms with Gasteiger partial charge < -0.3 is 5.73 Å². The number of aromatic nitrogens is 2. The van der Waals surface area contributed by atoms with Crippen molar-refractivity contribution < 1.29 is 8.78 Å². The van der Waals surface area contributed by atoms with E-state index in [1.807, 2.05) is 13.1 Å². The van der Waals surface area contributed by atoms with Gasteiger partial charge >= 0.3 is 0 Å². The van der Waals surface area contributed by atoms with Gasteiger partial charge in [0.05, 0.1) is 12.7 Å². The Hall–Kier alpha value is -1.75. The average Bonchev–Trinajstić information content (AvgIpc) is 2.81. The zero-order chi connectivity index (χ0) is 13.8. The van der Waals surface area contributed by atoms with Crippen LogP contribution in [0.15, 0.2) is 30.6 Å². The predicted molar refractivity (Wildman–Crippen MR) is 69.7 cm³/mol. The summed E-state index contributed by atoms with van der Waals surface area (Å²) in [5.41, 5.74) is 7.16. The maximum atomic E-state index is 13.5. The number of nitrogens with two attached hydrogens (primary N) is 1. The number of rotatable bonds is 5. The lowest BCUT2D eigenvalue weighted by Gasteiger charge is -2.06. The maximum Gasteiger partial charge on any atom is 0.128 e. The Labute approximate surface area is 111 Å². The fourth-order valence-corrected chi connectivity index (χ4v) is 1.88. The van der Waals surface area contributed by atoms with Gasteiger partial charge in [0.25, 0.3) is 0 Å². The maximum absolute atomic E-state index is 13.5. The van der Waals surface area contributed by atoms with Crippen LogP contribution < -0.4 is 5.73 Å². The molecule has 2 aromatic rings. The van der Waals surface area contributed by atoms with Gasteiger partial charge in [0.1, 0.15) is 11.6 Å². The van der Waals surface area contributed by atoms with Gasteiger partial charge in [-0.2, -0.15) is 5.10 Å². The average molecular weight is 265 g/mol. The first-order valence-corrected chi connectivity index (χ1v) is 6.29. The molecule has 1 unspecified atom stereocenters. The van der Waals surface area contributed by atoms with Crippen LogP contribution in [0.25, 0.3) is 0 Å². The van der Waals surface area contributed by atoms with Crippen LogP contribution in [0, 0.1) is 11.6 Å². The predicted octanol–water partition coefficient (Wildman–Crippen LogP) is 2.49. The first-order valence-electron chi connectivity index (χ1n) is 6.29. The van der Waals surface area contributed by atoms with E-state index in [0.29, 0.717) is 0 Å². The second-order valence-electron chi connectivity index (χ2n) is 4.65. The van der Waals surface area contributed by atoms with E-state index in [1.54, 1.807) is 10.9 Å². The van der Waals surface area contributed by atoms with Crippen LogP contribution in [-0.2, 0) is 13.0 Å². The molecule has 0 saturated carbocycles. The van der Waals surface area contributed by atoms with Crippen LogP contribution in [0.1, 0.15) is 24.5 Å². The van der Waals surface area contributed by atoms with E-state index >= 15 is 0 Å². The van der Waals surface area contributed by atoms with Gasteiger partial charge in [-0.3, -0.25) is 4.68 Å². The molecule has 1 atom stereocenters. The summed E-state index contributed by atoms with van der Waals surface area (Å²) in [6, 6.07) is 3.52. The van der Waals surface area contributed by atoms with E-state index in [0.717, 1.165) is 30.5 Å². The number of hydrogen-bond acceptors (Lipinski definition) is 2. The Morgan fingerprint density at radius 2 is 2.16 bits per heavy atom. The van der Waals surface area contributed by atoms with Gasteiger partial charge in [0.15, 0.2) is 0 Å². The van der Waals surface area contributed by atoms with Crippen molar-refractivity contribution >= 4 is 0 Å². The molecule has 1 heterocycles. The van der Waals surface area contributed by atoms with E-state index < -0.39 is 11.6 Å². The quantitative estimate of drug-likeness (QED) is 0.902. The van der Waals surface area contributed by atoms with Crippen LogP contribution >= 0.6 is 0 Å². The number of halogens is 2. The SMILES string of the molecule is CCC(N)Cc1cnn(Cc2cc(F)ccc2F)c1. The second-order valence-corrected chi connectivity index (χ2v) is 4.65. The Kier molecular flexibility index (Phi) is 4.27. The van der Waals surface area contributed by atoms with Crippen LogP contribution in [0.2, 0.25) is 0 Å². The Morgan fingerprint density at radius 3 is 2.89 bits per heavy atom. The molecule has 0 radical (unpaired) electrons. The molecule has 0 spiro atoms. The minimum absolute atomic E-state index is 0.101. The molecule has 102 valence electrons. The van der Waals surface area contributed by atoms with E-state index in [1.165, 1.54) is 6.07 Å². The molecule has 1 aromatic heterocycles. The van der Waals surface area contributed by atoms with Crippen molar-refractivity contribution in [2.75, 3.05) is 0 Å². The Bertz CT molecular complexity index is 551. The normalized spacial score (nSPS) is 12.6. The van der Waals surface area contributed by atoms with Crippen LogP contribution in [0.5, 0.6) is 0 Å². The summed E-state index contributed by atoms with van der Waals surface area (Å²) in [5, 5.41) is 4.14. The summed E-state index contributed by atoms with van der Waals surface area (Å²) in [4.78, 5) is 0. The molecule has 0 saturated heterocycles. The Balaban J connectivity index is 2.09. The Morgan fingerprint density at radius 1 is 1.37 bits per heavy atom. The fraction of sp³-hybridized carbons (Fsp3) is 0.357. The van der Waals surface area contributed by atoms with Crippen molar-refractivity contribution in [3.63, 3.8) is 0 Å². The molecule has 3 nitrogen and oxygen atoms in total. The van der Waals surface area contributed by atoms with Gasteiger partial charge in [-0.05, 0) is 36.6 Å². The van der Waals surface area contributed by atoms with Crippen LogP contribution in [0.3, 0.4) is 0 Å². The summed E-state index contributed by atoms with van der Waals surface area (Å²) >= 11 is 0. The van der Waals surface area contributed by atoms with Crippen molar-refractivity contribution in [3.05, 3.63) is 53.4 Å². The second kappa shape index (κ2) is 5.93. The molecule has 1 aromatic carbocycles. The third-order valence-corrected chi connectivity index (χ3v) is 3.05. The molecule has 5 heteroatoms. The smallest absolute Gasteiger partial charge is 0.128 e. The van der Waals surface area contributed by atoms with Gasteiger partial charge in [-0.1, -0.05) is 6.92 Å². The molecular formula is C14H17F2N3. The van der Waals surface area contributed by atoms with E-state index in [2.05, 4.69) is 5.10 Å². The lowest BCUT2D eigenvalue weighted by Crippen LogP contribution is -2.21. The summed E-state index contributed by atoms with van der Waals surface area (Å²) < 4.78 is 28.2. The molecule has 0 bridgehead atoms. The molecule has 0 aliphatic carbocycles. The third kappa shape index (κ3) is 3.61. The van der Waals surface area contributed by atoms with Crippen molar-refractivity contribution in [2.24, 2.45) is 5.73 Å². The van der Waals surface area contributed by atoms with Crippen molar-refractivity contribution in [1.82, 2.24) is 9.78 Å². The fourth-order valence-electron chi connectivity index (χ4n) is 1.88. The largest absolute Gasteiger partial charge is 0.327 e. The van der Waals surface area contributed by atoms with Crippen molar-refractivity contribution in [1.29, 1.82) is 0 Å². The topological polar surface area (TPSA) is 43.8 Å². The molecule has 2 rings (SSSR count). The van der Waals surface area contributed by atoms with Gasteiger partial charge in [-0.25, -0.2) is 8.78 Å². The van der Waals surface area contributed by atoms with Crippen LogP contribution in [-0.4, -0.2) is 15.8 Å². The van der Waals surface area contributed by atoms with Crippen molar-refractivity contribution in [3.8, 4) is 0 Å². The van der Waals surface area contributed by atoms with Crippen molar-refractivity contribution in [2.45, 2.75) is 32.4 Å². The number of hydrogen-bond donors (Lipinski definition) is 1. The highest BCUT2D eigenvalue weighted by molar-refractivity contribution is 5.19. The standard InChI is InChI=1S/C14H17F2N3/c1-2-13(17)5-10-7-18-19(8-10)9-11-6-12(15)3-4-14(11)16/h3-4,6-8,13H,2,5,9,17H2,1H3. The van der Waals surface area contributed by atoms with Gasteiger partial charge in [0, 0.05) is 17.8 Å². The minimum Gasteiger partial charge on any atom is -0.327 e. The lowest BCUT2D eigenvalue weighted by atomic mass is 10.1. The highest BCUT2D eigenvalue weighted by atomic mass is 19.1. The molecular weight excluding hydrogens is 248 g/mol. The zero-order valence-corrected chi connectivity index (χ0v) is 10.8. The van der Waals surface area contributed by atoms with Gasteiger partial charge in [0.2, 0.25) is 0 Å². The monoisotopic (exact) mass is 265 g/mol. The highest BCUT2D eigenvalue weighted by Crippen LogP contribution is 2.12. The highest BCUT2D eigenvalue weighted by Gasteiger charge is 2.07. The molecule has 19 heavy (non-hydrogen) atoms. The first-order chi connectivity index (χ1) is 9.08. The molecule has 0 aliphatic heterocycles. The third-order valence-electron chi connectivity index (χ3n) is 3.05. The number of benzene rings is 1. The summed E-state index contributed by atoms with van der Waals surface area (Å²) in [5.74, 6) is -0.875. The van der Waals surface area contributed by atoms with E-state index in [-0.39, 0.29) is 18.2 Å². The van der Waals surface area contributed by atoms with Gasteiger partial charge in [-0.15, -0.1) is 0 Å². The van der Waals surface area contributed by atoms with E-state index in [9.17, 15) is 8.78 Å². The molecule has 0 fully saturated rings.